The van der Waals surface area contributed by atoms with E-state index in [-0.39, 0.29) is 29.9 Å². The zero-order valence-electron chi connectivity index (χ0n) is 24.4. The molecule has 230 valence electrons. The number of carbonyl (C=O) groups is 2. The summed E-state index contributed by atoms with van der Waals surface area (Å²) in [6.45, 7) is 6.10. The van der Waals surface area contributed by atoms with Crippen molar-refractivity contribution in [3.05, 3.63) is 89.7 Å². The van der Waals surface area contributed by atoms with Gasteiger partial charge in [0.25, 0.3) is 0 Å². The van der Waals surface area contributed by atoms with Gasteiger partial charge in [-0.3, -0.25) is 9.69 Å². The number of aryl methyl sites for hydroxylation is 1. The molecular formula is C32H27F3N6O3S. The van der Waals surface area contributed by atoms with Crippen LogP contribution in [0.3, 0.4) is 0 Å². The van der Waals surface area contributed by atoms with Crippen molar-refractivity contribution < 1.29 is 27.5 Å². The highest BCUT2D eigenvalue weighted by molar-refractivity contribution is 8.15. The maximum atomic E-state index is 12.7. The molecule has 0 saturated carbocycles. The molecule has 1 aliphatic rings. The molecule has 9 nitrogen and oxygen atoms in total. The first-order valence-corrected chi connectivity index (χ1v) is 14.8. The molecule has 0 atom stereocenters. The van der Waals surface area contributed by atoms with Gasteiger partial charge in [-0.1, -0.05) is 49.6 Å². The van der Waals surface area contributed by atoms with Crippen LogP contribution < -0.4 is 15.0 Å². The second-order valence-electron chi connectivity index (χ2n) is 10.2. The van der Waals surface area contributed by atoms with Crippen LogP contribution in [0.4, 0.5) is 23.7 Å². The molecule has 3 aromatic carbocycles. The van der Waals surface area contributed by atoms with E-state index in [2.05, 4.69) is 37.0 Å². The minimum atomic E-state index is -4.76. The molecule has 0 aliphatic carbocycles. The number of halogens is 3. The number of hydrogen-bond acceptors (Lipinski definition) is 6. The third-order valence-electron chi connectivity index (χ3n) is 6.54. The molecule has 0 radical (unpaired) electrons. The summed E-state index contributed by atoms with van der Waals surface area (Å²) in [4.78, 5) is 35.2. The number of thioether (sulfide) groups is 1. The van der Waals surface area contributed by atoms with E-state index < -0.39 is 12.4 Å². The predicted octanol–water partition coefficient (Wildman–Crippen LogP) is 6.46. The Morgan fingerprint density at radius 3 is 2.53 bits per heavy atom. The molecular weight excluding hydrogens is 605 g/mol. The van der Waals surface area contributed by atoms with Gasteiger partial charge in [0.2, 0.25) is 5.91 Å². The molecule has 1 saturated heterocycles. The third kappa shape index (κ3) is 7.90. The van der Waals surface area contributed by atoms with E-state index in [1.165, 1.54) is 51.9 Å². The molecule has 3 amide bonds. The average Bonchev–Trinajstić information content (AvgIpc) is 3.62. The predicted molar refractivity (Wildman–Crippen MR) is 166 cm³/mol. The summed E-state index contributed by atoms with van der Waals surface area (Å²) in [6, 6.07) is 17.7. The molecule has 45 heavy (non-hydrogen) atoms. The van der Waals surface area contributed by atoms with Crippen LogP contribution in [0.1, 0.15) is 36.5 Å². The van der Waals surface area contributed by atoms with E-state index in [1.54, 1.807) is 24.3 Å². The van der Waals surface area contributed by atoms with Crippen LogP contribution in [0.5, 0.6) is 5.75 Å². The Kier molecular flexibility index (Phi) is 9.24. The fourth-order valence-corrected chi connectivity index (χ4v) is 5.29. The Hall–Kier alpha value is -5.09. The Morgan fingerprint density at radius 2 is 1.84 bits per heavy atom. The van der Waals surface area contributed by atoms with Crippen molar-refractivity contribution in [1.82, 2.24) is 20.1 Å². The van der Waals surface area contributed by atoms with Crippen molar-refractivity contribution in [2.24, 2.45) is 4.99 Å². The van der Waals surface area contributed by atoms with Crippen LogP contribution >= 0.6 is 11.8 Å². The number of nitrogens with one attached hydrogen (secondary N) is 1. The standard InChI is InChI=1S/C32H27F3N6O3S/c1-20(2)26-15-6-21(3)17-27(26)41-28(42)18-45-31(41)38-30(43)36-16-4-5-22-7-9-23(10-8-22)29-37-19-40(39-29)24-11-13-25(14-12-24)44-32(33,34)35/h6-15,17,19-20H,16,18H2,1-3H3,(H,36,43)/b38-31-. The van der Waals surface area contributed by atoms with E-state index in [0.717, 1.165) is 16.8 Å². The molecule has 1 aromatic heterocycles. The zero-order valence-corrected chi connectivity index (χ0v) is 25.2. The summed E-state index contributed by atoms with van der Waals surface area (Å²) >= 11 is 1.22. The summed E-state index contributed by atoms with van der Waals surface area (Å²) in [7, 11) is 0. The summed E-state index contributed by atoms with van der Waals surface area (Å²) in [5.41, 5.74) is 4.67. The molecule has 2 heterocycles. The number of rotatable bonds is 6. The van der Waals surface area contributed by atoms with Crippen molar-refractivity contribution in [3.63, 3.8) is 0 Å². The summed E-state index contributed by atoms with van der Waals surface area (Å²) < 4.78 is 42.5. The molecule has 5 rings (SSSR count). The molecule has 13 heteroatoms. The van der Waals surface area contributed by atoms with Crippen LogP contribution in [-0.2, 0) is 4.79 Å². The first kappa shape index (κ1) is 31.3. The van der Waals surface area contributed by atoms with Crippen molar-refractivity contribution in [2.75, 3.05) is 17.2 Å². The maximum Gasteiger partial charge on any atom is 0.573 e. The number of aliphatic imine (C=N–C) groups is 1. The van der Waals surface area contributed by atoms with Crippen LogP contribution in [0.15, 0.2) is 78.0 Å². The summed E-state index contributed by atoms with van der Waals surface area (Å²) in [5, 5.41) is 7.37. The largest absolute Gasteiger partial charge is 0.573 e. The number of alkyl halides is 3. The van der Waals surface area contributed by atoms with Crippen LogP contribution in [0, 0.1) is 18.8 Å². The molecule has 1 N–H and O–H groups in total. The van der Waals surface area contributed by atoms with Gasteiger partial charge in [0, 0.05) is 11.1 Å². The van der Waals surface area contributed by atoms with E-state index in [4.69, 9.17) is 0 Å². The van der Waals surface area contributed by atoms with Gasteiger partial charge in [-0.05, 0) is 78.6 Å². The number of amidine groups is 1. The maximum absolute atomic E-state index is 12.7. The van der Waals surface area contributed by atoms with E-state index >= 15 is 0 Å². The fraction of sp³-hybridized carbons (Fsp3) is 0.219. The average molecular weight is 633 g/mol. The summed E-state index contributed by atoms with van der Waals surface area (Å²) in [6.07, 6.45) is -3.31. The second kappa shape index (κ2) is 13.3. The van der Waals surface area contributed by atoms with Crippen LogP contribution in [0.2, 0.25) is 0 Å². The van der Waals surface area contributed by atoms with Gasteiger partial charge in [-0.2, -0.15) is 4.99 Å². The number of ether oxygens (including phenoxy) is 1. The quantitative estimate of drug-likeness (QED) is 0.245. The lowest BCUT2D eigenvalue weighted by molar-refractivity contribution is -0.274. The number of nitrogens with zero attached hydrogens (tertiary/aromatic N) is 5. The number of amides is 3. The Balaban J connectivity index is 1.18. The van der Waals surface area contributed by atoms with Crippen molar-refractivity contribution in [2.45, 2.75) is 33.1 Å². The van der Waals surface area contributed by atoms with Gasteiger partial charge >= 0.3 is 12.4 Å². The van der Waals surface area contributed by atoms with Gasteiger partial charge < -0.3 is 10.1 Å². The first-order chi connectivity index (χ1) is 21.5. The number of urea groups is 1. The van der Waals surface area contributed by atoms with Gasteiger partial charge in [0.15, 0.2) is 11.0 Å². The van der Waals surface area contributed by atoms with Crippen LogP contribution in [-0.4, -0.2) is 50.5 Å². The molecule has 0 bridgehead atoms. The normalized spacial score (nSPS) is 14.1. The van der Waals surface area contributed by atoms with Gasteiger partial charge in [-0.25, -0.2) is 14.5 Å². The van der Waals surface area contributed by atoms with Crippen molar-refractivity contribution >= 4 is 34.6 Å². The Morgan fingerprint density at radius 1 is 1.11 bits per heavy atom. The summed E-state index contributed by atoms with van der Waals surface area (Å²) in [5.74, 6) is 6.21. The Bertz CT molecular complexity index is 1810. The Labute approximate surface area is 261 Å². The highest BCUT2D eigenvalue weighted by Crippen LogP contribution is 2.34. The smallest absolute Gasteiger partial charge is 0.406 e. The monoisotopic (exact) mass is 632 g/mol. The minimum absolute atomic E-state index is 0.0520. The molecule has 0 spiro atoms. The number of hydrogen-bond donors (Lipinski definition) is 1. The molecule has 4 aromatic rings. The highest BCUT2D eigenvalue weighted by atomic mass is 32.2. The molecule has 1 aliphatic heterocycles. The van der Waals surface area contributed by atoms with Crippen molar-refractivity contribution in [1.29, 1.82) is 0 Å². The number of benzene rings is 3. The highest BCUT2D eigenvalue weighted by Gasteiger charge is 2.33. The molecule has 1 fully saturated rings. The first-order valence-electron chi connectivity index (χ1n) is 13.8. The van der Waals surface area contributed by atoms with Gasteiger partial charge in [-0.15, -0.1) is 18.3 Å². The van der Waals surface area contributed by atoms with E-state index in [9.17, 15) is 22.8 Å². The van der Waals surface area contributed by atoms with E-state index in [1.807, 2.05) is 39.0 Å². The van der Waals surface area contributed by atoms with Gasteiger partial charge in [0.1, 0.15) is 12.1 Å². The SMILES string of the molecule is Cc1ccc(C(C)C)c(N2C(=O)CS/C2=N\C(=O)NCC#Cc2ccc(-c3ncn(-c4ccc(OC(F)(F)F)cc4)n3)cc2)c1. The van der Waals surface area contributed by atoms with Gasteiger partial charge in [0.05, 0.1) is 23.7 Å². The molecule has 0 unspecified atom stereocenters. The third-order valence-corrected chi connectivity index (χ3v) is 7.47. The number of anilines is 1. The number of carbonyl (C=O) groups excluding carboxylic acids is 2. The minimum Gasteiger partial charge on any atom is -0.406 e. The van der Waals surface area contributed by atoms with Crippen molar-refractivity contribution in [3.8, 4) is 34.7 Å². The second-order valence-corrected chi connectivity index (χ2v) is 11.2. The lowest BCUT2D eigenvalue weighted by Gasteiger charge is -2.22. The zero-order chi connectivity index (χ0) is 32.1. The van der Waals surface area contributed by atoms with Crippen LogP contribution in [0.25, 0.3) is 17.1 Å². The lowest BCUT2D eigenvalue weighted by Crippen LogP contribution is -2.32. The number of aromatic nitrogens is 3. The topological polar surface area (TPSA) is 102 Å². The fourth-order valence-electron chi connectivity index (χ4n) is 4.43. The van der Waals surface area contributed by atoms with E-state index in [0.29, 0.717) is 27.8 Å². The lowest BCUT2D eigenvalue weighted by atomic mass is 9.99.